The monoisotopic (exact) mass is 328 g/mol. The second-order valence-corrected chi connectivity index (χ2v) is 8.08. The molecule has 0 radical (unpaired) electrons. The van der Waals surface area contributed by atoms with E-state index in [9.17, 15) is 13.5 Å². The first-order chi connectivity index (χ1) is 10.1. The van der Waals surface area contributed by atoms with Crippen LogP contribution in [0, 0.1) is 0 Å². The van der Waals surface area contributed by atoms with Crippen LogP contribution in [0.15, 0.2) is 24.3 Å². The standard InChI is InChI=1S/C16H28N2O3S/c1-6-18(7-2)22(20,21)17-12-15(19)13-8-10-14(11-9-13)16(3,4)5/h8-11,15,17,19H,6-7,12H2,1-5H3. The number of nitrogens with one attached hydrogen (secondary N) is 1. The number of hydrogen-bond acceptors (Lipinski definition) is 3. The number of aliphatic hydroxyl groups excluding tert-OH is 1. The number of benzene rings is 1. The molecule has 0 bridgehead atoms. The highest BCUT2D eigenvalue weighted by Gasteiger charge is 2.20. The van der Waals surface area contributed by atoms with E-state index < -0.39 is 16.3 Å². The van der Waals surface area contributed by atoms with Crippen LogP contribution in [0.4, 0.5) is 0 Å². The van der Waals surface area contributed by atoms with Gasteiger partial charge in [0.1, 0.15) is 0 Å². The van der Waals surface area contributed by atoms with Gasteiger partial charge in [0.15, 0.2) is 0 Å². The number of aliphatic hydroxyl groups is 1. The topological polar surface area (TPSA) is 69.6 Å². The normalized spacial score (nSPS) is 14.3. The molecule has 0 heterocycles. The molecule has 1 rings (SSSR count). The van der Waals surface area contributed by atoms with Gasteiger partial charge < -0.3 is 5.11 Å². The Hall–Kier alpha value is -0.950. The van der Waals surface area contributed by atoms with E-state index in [1.54, 1.807) is 13.8 Å². The lowest BCUT2D eigenvalue weighted by Gasteiger charge is -2.21. The van der Waals surface area contributed by atoms with Gasteiger partial charge in [-0.2, -0.15) is 17.4 Å². The van der Waals surface area contributed by atoms with Crippen molar-refractivity contribution in [3.8, 4) is 0 Å². The molecule has 126 valence electrons. The second kappa shape index (κ2) is 7.55. The van der Waals surface area contributed by atoms with Crippen LogP contribution in [-0.2, 0) is 15.6 Å². The number of hydrogen-bond donors (Lipinski definition) is 2. The van der Waals surface area contributed by atoms with Crippen molar-refractivity contribution < 1.29 is 13.5 Å². The molecule has 0 aliphatic rings. The molecule has 5 nitrogen and oxygen atoms in total. The maximum atomic E-state index is 12.0. The molecule has 1 unspecified atom stereocenters. The summed E-state index contributed by atoms with van der Waals surface area (Å²) >= 11 is 0. The van der Waals surface area contributed by atoms with Crippen molar-refractivity contribution in [2.45, 2.75) is 46.1 Å². The second-order valence-electron chi connectivity index (χ2n) is 6.33. The van der Waals surface area contributed by atoms with Gasteiger partial charge >= 0.3 is 0 Å². The first kappa shape index (κ1) is 19.1. The van der Waals surface area contributed by atoms with Crippen LogP contribution in [0.1, 0.15) is 51.8 Å². The van der Waals surface area contributed by atoms with E-state index in [1.165, 1.54) is 9.87 Å². The quantitative estimate of drug-likeness (QED) is 0.806. The first-order valence-electron chi connectivity index (χ1n) is 7.65. The Labute approximate surface area is 134 Å². The summed E-state index contributed by atoms with van der Waals surface area (Å²) in [6, 6.07) is 7.63. The van der Waals surface area contributed by atoms with Crippen LogP contribution in [0.5, 0.6) is 0 Å². The van der Waals surface area contributed by atoms with Gasteiger partial charge in [-0.3, -0.25) is 0 Å². The smallest absolute Gasteiger partial charge is 0.279 e. The maximum Gasteiger partial charge on any atom is 0.279 e. The van der Waals surface area contributed by atoms with Crippen LogP contribution in [0.3, 0.4) is 0 Å². The van der Waals surface area contributed by atoms with Gasteiger partial charge in [0.05, 0.1) is 6.10 Å². The zero-order valence-electron chi connectivity index (χ0n) is 14.1. The number of nitrogens with zero attached hydrogens (tertiary/aromatic N) is 1. The third kappa shape index (κ3) is 5.05. The van der Waals surface area contributed by atoms with E-state index in [4.69, 9.17) is 0 Å². The van der Waals surface area contributed by atoms with Gasteiger partial charge in [0.25, 0.3) is 10.2 Å². The van der Waals surface area contributed by atoms with Crippen molar-refractivity contribution in [3.63, 3.8) is 0 Å². The van der Waals surface area contributed by atoms with Crippen LogP contribution >= 0.6 is 0 Å². The van der Waals surface area contributed by atoms with E-state index in [0.717, 1.165) is 0 Å². The average molecular weight is 328 g/mol. The molecule has 0 aliphatic carbocycles. The zero-order valence-corrected chi connectivity index (χ0v) is 14.9. The van der Waals surface area contributed by atoms with Crippen molar-refractivity contribution in [1.82, 2.24) is 9.03 Å². The Bertz CT molecular complexity index is 558. The molecule has 0 aliphatic heterocycles. The maximum absolute atomic E-state index is 12.0. The summed E-state index contributed by atoms with van der Waals surface area (Å²) < 4.78 is 27.8. The molecule has 1 atom stereocenters. The minimum absolute atomic E-state index is 0.0340. The Morgan fingerprint density at radius 2 is 1.64 bits per heavy atom. The molecule has 1 aromatic carbocycles. The molecule has 2 N–H and O–H groups in total. The molecule has 0 saturated heterocycles. The Morgan fingerprint density at radius 3 is 2.05 bits per heavy atom. The van der Waals surface area contributed by atoms with Gasteiger partial charge in [-0.1, -0.05) is 58.9 Å². The lowest BCUT2D eigenvalue weighted by atomic mass is 9.86. The molecule has 0 fully saturated rings. The fourth-order valence-corrected chi connectivity index (χ4v) is 3.39. The highest BCUT2D eigenvalue weighted by atomic mass is 32.2. The summed E-state index contributed by atoms with van der Waals surface area (Å²) in [5, 5.41) is 10.2. The third-order valence-electron chi connectivity index (χ3n) is 3.67. The van der Waals surface area contributed by atoms with Gasteiger partial charge in [0, 0.05) is 19.6 Å². The minimum Gasteiger partial charge on any atom is -0.387 e. The van der Waals surface area contributed by atoms with Crippen molar-refractivity contribution in [1.29, 1.82) is 0 Å². The summed E-state index contributed by atoms with van der Waals surface area (Å²) in [7, 11) is -3.53. The summed E-state index contributed by atoms with van der Waals surface area (Å²) in [6.45, 7) is 10.7. The largest absolute Gasteiger partial charge is 0.387 e. The summed E-state index contributed by atoms with van der Waals surface area (Å²) in [6.07, 6.45) is -0.862. The van der Waals surface area contributed by atoms with Gasteiger partial charge in [0.2, 0.25) is 0 Å². The zero-order chi connectivity index (χ0) is 17.0. The number of rotatable bonds is 7. The molecule has 22 heavy (non-hydrogen) atoms. The minimum atomic E-state index is -3.53. The van der Waals surface area contributed by atoms with Gasteiger partial charge in [-0.25, -0.2) is 0 Å². The van der Waals surface area contributed by atoms with Crippen molar-refractivity contribution in [2.75, 3.05) is 19.6 Å². The lowest BCUT2D eigenvalue weighted by Crippen LogP contribution is -2.42. The molecule has 0 saturated carbocycles. The van der Waals surface area contributed by atoms with Crippen LogP contribution in [0.25, 0.3) is 0 Å². The molecule has 0 spiro atoms. The molecule has 0 aromatic heterocycles. The van der Waals surface area contributed by atoms with E-state index >= 15 is 0 Å². The van der Waals surface area contributed by atoms with Gasteiger partial charge in [-0.05, 0) is 16.5 Å². The van der Waals surface area contributed by atoms with Crippen LogP contribution < -0.4 is 4.72 Å². The summed E-state index contributed by atoms with van der Waals surface area (Å²) in [5.74, 6) is 0. The van der Waals surface area contributed by atoms with Crippen LogP contribution in [0.2, 0.25) is 0 Å². The summed E-state index contributed by atoms with van der Waals surface area (Å²) in [4.78, 5) is 0. The fraction of sp³-hybridized carbons (Fsp3) is 0.625. The summed E-state index contributed by atoms with van der Waals surface area (Å²) in [5.41, 5.74) is 1.93. The first-order valence-corrected chi connectivity index (χ1v) is 9.09. The Morgan fingerprint density at radius 1 is 1.14 bits per heavy atom. The highest BCUT2D eigenvalue weighted by Crippen LogP contribution is 2.23. The molecular formula is C16H28N2O3S. The van der Waals surface area contributed by atoms with E-state index in [2.05, 4.69) is 25.5 Å². The van der Waals surface area contributed by atoms with Crippen LogP contribution in [-0.4, -0.2) is 37.5 Å². The SMILES string of the molecule is CCN(CC)S(=O)(=O)NCC(O)c1ccc(C(C)(C)C)cc1. The fourth-order valence-electron chi connectivity index (χ4n) is 2.16. The highest BCUT2D eigenvalue weighted by molar-refractivity contribution is 7.87. The molecule has 0 amide bonds. The predicted molar refractivity (Wildman–Crippen MR) is 89.9 cm³/mol. The van der Waals surface area contributed by atoms with E-state index in [-0.39, 0.29) is 12.0 Å². The van der Waals surface area contributed by atoms with Crippen molar-refractivity contribution in [3.05, 3.63) is 35.4 Å². The van der Waals surface area contributed by atoms with Gasteiger partial charge in [-0.15, -0.1) is 0 Å². The Balaban J connectivity index is 2.72. The lowest BCUT2D eigenvalue weighted by molar-refractivity contribution is 0.181. The van der Waals surface area contributed by atoms with E-state index in [0.29, 0.717) is 18.7 Å². The Kier molecular flexibility index (Phi) is 6.55. The van der Waals surface area contributed by atoms with Crippen molar-refractivity contribution >= 4 is 10.2 Å². The van der Waals surface area contributed by atoms with E-state index in [1.807, 2.05) is 24.3 Å². The molecule has 1 aromatic rings. The average Bonchev–Trinajstić information content (AvgIpc) is 2.45. The molecular weight excluding hydrogens is 300 g/mol. The third-order valence-corrected chi connectivity index (χ3v) is 5.39. The predicted octanol–water partition coefficient (Wildman–Crippen LogP) is 2.19. The van der Waals surface area contributed by atoms with Crippen molar-refractivity contribution in [2.24, 2.45) is 0 Å². The molecule has 6 heteroatoms.